The Morgan fingerprint density at radius 2 is 1.78 bits per heavy atom. The molecule has 36 heavy (non-hydrogen) atoms. The second-order valence-electron chi connectivity index (χ2n) is 10.1. The Hall–Kier alpha value is -3.48. The van der Waals surface area contributed by atoms with Gasteiger partial charge in [-0.1, -0.05) is 40.2 Å². The van der Waals surface area contributed by atoms with E-state index >= 15 is 0 Å². The molecule has 0 radical (unpaired) electrons. The van der Waals surface area contributed by atoms with Gasteiger partial charge in [0, 0.05) is 17.7 Å². The van der Waals surface area contributed by atoms with E-state index in [0.717, 1.165) is 24.2 Å². The summed E-state index contributed by atoms with van der Waals surface area (Å²) >= 11 is 0. The van der Waals surface area contributed by atoms with Crippen LogP contribution in [0.25, 0.3) is 5.76 Å². The molecule has 1 unspecified atom stereocenters. The number of amides is 1. The molecule has 1 atom stereocenters. The normalized spacial score (nSPS) is 19.0. The lowest BCUT2D eigenvalue weighted by Crippen LogP contribution is -2.30. The number of carbonyl (C=O) groups excluding carboxylic acids is 2. The lowest BCUT2D eigenvalue weighted by molar-refractivity contribution is -0.139. The van der Waals surface area contributed by atoms with E-state index in [1.807, 2.05) is 32.0 Å². The maximum Gasteiger partial charge on any atom is 0.295 e. The van der Waals surface area contributed by atoms with Crippen LogP contribution in [0, 0.1) is 0 Å². The first kappa shape index (κ1) is 25.6. The molecule has 192 valence electrons. The van der Waals surface area contributed by atoms with Crippen molar-refractivity contribution in [1.82, 2.24) is 4.90 Å². The van der Waals surface area contributed by atoms with Gasteiger partial charge in [0.25, 0.3) is 11.7 Å². The number of Topliss-reactive ketones (excluding diaryl/α,β-unsaturated/α-hetero) is 1. The number of rotatable bonds is 7. The van der Waals surface area contributed by atoms with Crippen LogP contribution in [0.4, 0.5) is 0 Å². The van der Waals surface area contributed by atoms with E-state index in [1.165, 1.54) is 0 Å². The molecule has 0 aliphatic carbocycles. The van der Waals surface area contributed by atoms with E-state index < -0.39 is 17.7 Å². The van der Waals surface area contributed by atoms with Crippen molar-refractivity contribution in [2.24, 2.45) is 0 Å². The van der Waals surface area contributed by atoms with Crippen molar-refractivity contribution in [3.05, 3.63) is 58.7 Å². The molecule has 0 spiro atoms. The summed E-state index contributed by atoms with van der Waals surface area (Å²) in [5.41, 5.74) is 1.89. The minimum Gasteiger partial charge on any atom is -0.507 e. The van der Waals surface area contributed by atoms with Gasteiger partial charge in [-0.05, 0) is 54.7 Å². The molecule has 2 aromatic carbocycles. The van der Waals surface area contributed by atoms with Gasteiger partial charge in [0.2, 0.25) is 0 Å². The molecule has 2 aliphatic heterocycles. The second-order valence-corrected chi connectivity index (χ2v) is 10.1. The number of likely N-dealkylation sites (tertiary alicyclic amines) is 1. The van der Waals surface area contributed by atoms with Crippen molar-refractivity contribution in [3.63, 3.8) is 0 Å². The van der Waals surface area contributed by atoms with Crippen molar-refractivity contribution in [1.29, 1.82) is 0 Å². The molecule has 0 saturated carbocycles. The first-order chi connectivity index (χ1) is 17.2. The number of ether oxygens (including phenoxy) is 3. The molecule has 4 rings (SSSR count). The largest absolute Gasteiger partial charge is 0.507 e. The van der Waals surface area contributed by atoms with Crippen molar-refractivity contribution in [2.75, 3.05) is 26.4 Å². The van der Waals surface area contributed by atoms with Crippen LogP contribution in [0.5, 0.6) is 17.2 Å². The van der Waals surface area contributed by atoms with Crippen molar-refractivity contribution < 1.29 is 28.9 Å². The van der Waals surface area contributed by atoms with E-state index in [-0.39, 0.29) is 16.7 Å². The molecule has 1 N–H and O–H groups in total. The molecule has 0 bridgehead atoms. The van der Waals surface area contributed by atoms with Crippen LogP contribution >= 0.6 is 0 Å². The van der Waals surface area contributed by atoms with Crippen molar-refractivity contribution in [3.8, 4) is 17.2 Å². The number of fused-ring (bicyclic) bond motifs is 1. The van der Waals surface area contributed by atoms with E-state index in [9.17, 15) is 14.7 Å². The first-order valence-electron chi connectivity index (χ1n) is 12.6. The number of aliphatic hydroxyl groups excluding tert-OH is 1. The average molecular weight is 494 g/mol. The van der Waals surface area contributed by atoms with Gasteiger partial charge in [0.15, 0.2) is 11.5 Å². The van der Waals surface area contributed by atoms with Crippen LogP contribution in [0.2, 0.25) is 0 Å². The number of aliphatic hydroxyl groups is 1. The zero-order valence-corrected chi connectivity index (χ0v) is 21.7. The monoisotopic (exact) mass is 493 g/mol. The fraction of sp³-hybridized carbons (Fsp3) is 0.448. The lowest BCUT2D eigenvalue weighted by Gasteiger charge is -2.27. The zero-order chi connectivity index (χ0) is 26.0. The number of unbranched alkanes of at least 4 members (excludes halogenated alkanes) is 1. The number of nitrogens with zero attached hydrogens (tertiary/aromatic N) is 1. The summed E-state index contributed by atoms with van der Waals surface area (Å²) in [6.45, 7) is 12.0. The molecule has 7 heteroatoms. The number of hydrogen-bond acceptors (Lipinski definition) is 6. The maximum absolute atomic E-state index is 13.3. The smallest absolute Gasteiger partial charge is 0.295 e. The molecular weight excluding hydrogens is 458 g/mol. The molecular formula is C29H35NO6. The number of carbonyl (C=O) groups is 2. The third-order valence-electron chi connectivity index (χ3n) is 6.54. The van der Waals surface area contributed by atoms with Gasteiger partial charge in [-0.25, -0.2) is 0 Å². The minimum absolute atomic E-state index is 0.0804. The summed E-state index contributed by atoms with van der Waals surface area (Å²) in [6.07, 6.45) is 1.61. The highest BCUT2D eigenvalue weighted by atomic mass is 16.6. The summed E-state index contributed by atoms with van der Waals surface area (Å²) < 4.78 is 17.2. The SMILES string of the molecule is CCCCN1C(=O)C(=O)/C(=C(\O)c2ccc(OCC)c(C(C)(C)C)c2)C1c1ccc2c(c1)OCCO2. The van der Waals surface area contributed by atoms with Crippen LogP contribution in [-0.2, 0) is 15.0 Å². The highest BCUT2D eigenvalue weighted by molar-refractivity contribution is 6.46. The van der Waals surface area contributed by atoms with Gasteiger partial charge in [0.05, 0.1) is 18.2 Å². The Labute approximate surface area is 212 Å². The summed E-state index contributed by atoms with van der Waals surface area (Å²) in [7, 11) is 0. The lowest BCUT2D eigenvalue weighted by atomic mass is 9.84. The molecule has 0 aromatic heterocycles. The third-order valence-corrected chi connectivity index (χ3v) is 6.54. The highest BCUT2D eigenvalue weighted by Crippen LogP contribution is 2.43. The van der Waals surface area contributed by atoms with E-state index in [1.54, 1.807) is 23.1 Å². The Balaban J connectivity index is 1.87. The number of ketones is 1. The molecule has 1 saturated heterocycles. The quantitative estimate of drug-likeness (QED) is 0.317. The van der Waals surface area contributed by atoms with Gasteiger partial charge < -0.3 is 24.2 Å². The minimum atomic E-state index is -0.725. The van der Waals surface area contributed by atoms with Crippen LogP contribution in [0.15, 0.2) is 42.0 Å². The third kappa shape index (κ3) is 4.79. The Morgan fingerprint density at radius 1 is 1.06 bits per heavy atom. The highest BCUT2D eigenvalue weighted by Gasteiger charge is 2.46. The predicted octanol–water partition coefficient (Wildman–Crippen LogP) is 5.38. The molecule has 1 amide bonds. The van der Waals surface area contributed by atoms with Crippen molar-refractivity contribution in [2.45, 2.75) is 58.9 Å². The first-order valence-corrected chi connectivity index (χ1v) is 12.6. The summed E-state index contributed by atoms with van der Waals surface area (Å²) in [5, 5.41) is 11.5. The molecule has 2 heterocycles. The summed E-state index contributed by atoms with van der Waals surface area (Å²) in [5.74, 6) is 0.434. The molecule has 1 fully saturated rings. The number of hydrogen-bond donors (Lipinski definition) is 1. The Kier molecular flexibility index (Phi) is 7.29. The fourth-order valence-electron chi connectivity index (χ4n) is 4.72. The Morgan fingerprint density at radius 3 is 2.44 bits per heavy atom. The van der Waals surface area contributed by atoms with Crippen LogP contribution < -0.4 is 14.2 Å². The van der Waals surface area contributed by atoms with Gasteiger partial charge in [-0.15, -0.1) is 0 Å². The predicted molar refractivity (Wildman–Crippen MR) is 138 cm³/mol. The van der Waals surface area contributed by atoms with Gasteiger partial charge >= 0.3 is 0 Å². The van der Waals surface area contributed by atoms with Crippen molar-refractivity contribution >= 4 is 17.4 Å². The van der Waals surface area contributed by atoms with E-state index in [4.69, 9.17) is 14.2 Å². The van der Waals surface area contributed by atoms with Crippen LogP contribution in [-0.4, -0.2) is 48.1 Å². The summed E-state index contributed by atoms with van der Waals surface area (Å²) in [6, 6.07) is 10.1. The maximum atomic E-state index is 13.3. The van der Waals surface area contributed by atoms with Crippen LogP contribution in [0.1, 0.15) is 70.2 Å². The van der Waals surface area contributed by atoms with Crippen LogP contribution in [0.3, 0.4) is 0 Å². The van der Waals surface area contributed by atoms with Gasteiger partial charge in [-0.2, -0.15) is 0 Å². The Bertz CT molecular complexity index is 1190. The average Bonchev–Trinajstić information content (AvgIpc) is 3.11. The molecule has 2 aliphatic rings. The standard InChI is InChI=1S/C29H35NO6/c1-6-8-13-30-25(18-9-12-22-23(17-18)36-15-14-35-22)24(27(32)28(30)33)26(31)19-10-11-21(34-7-2)20(16-19)29(3,4)5/h9-12,16-17,25,31H,6-8,13-15H2,1-5H3/b26-24-. The topological polar surface area (TPSA) is 85.3 Å². The van der Waals surface area contributed by atoms with Gasteiger partial charge in [-0.3, -0.25) is 9.59 Å². The van der Waals surface area contributed by atoms with E-state index in [0.29, 0.717) is 49.0 Å². The molecule has 7 nitrogen and oxygen atoms in total. The van der Waals surface area contributed by atoms with E-state index in [2.05, 4.69) is 20.8 Å². The molecule has 2 aromatic rings. The second kappa shape index (κ2) is 10.2. The van der Waals surface area contributed by atoms with Gasteiger partial charge in [0.1, 0.15) is 24.7 Å². The summed E-state index contributed by atoms with van der Waals surface area (Å²) in [4.78, 5) is 28.0. The fourth-order valence-corrected chi connectivity index (χ4v) is 4.72. The number of benzene rings is 2. The zero-order valence-electron chi connectivity index (χ0n) is 21.7.